The number of rotatable bonds is 5. The molecule has 1 aromatic carbocycles. The molecule has 0 bridgehead atoms. The van der Waals surface area contributed by atoms with Gasteiger partial charge < -0.3 is 10.6 Å². The molecule has 3 heteroatoms. The Labute approximate surface area is 108 Å². The molecule has 3 nitrogen and oxygen atoms in total. The van der Waals surface area contributed by atoms with Crippen molar-refractivity contribution in [1.29, 1.82) is 0 Å². The molecule has 0 aliphatic carbocycles. The number of hydrogen-bond acceptors (Lipinski definition) is 2. The number of carbonyl (C=O) groups is 1. The topological polar surface area (TPSA) is 41.1 Å². The first-order chi connectivity index (χ1) is 8.81. The Kier molecular flexibility index (Phi) is 4.25. The average molecular weight is 242 g/mol. The predicted octanol–water partition coefficient (Wildman–Crippen LogP) is 2.19. The molecule has 1 aliphatic rings. The third-order valence-corrected chi connectivity index (χ3v) is 3.11. The monoisotopic (exact) mass is 242 g/mol. The van der Waals surface area contributed by atoms with E-state index >= 15 is 0 Å². The number of unbranched alkanes of at least 4 members (excludes halogenated alkanes) is 2. The van der Waals surface area contributed by atoms with Gasteiger partial charge in [-0.3, -0.25) is 4.79 Å². The van der Waals surface area contributed by atoms with Crippen LogP contribution < -0.4 is 10.6 Å². The maximum atomic E-state index is 11.9. The lowest BCUT2D eigenvalue weighted by atomic mass is 10.1. The molecule has 0 aromatic heterocycles. The number of nitrogens with one attached hydrogen (secondary N) is 2. The summed E-state index contributed by atoms with van der Waals surface area (Å²) in [6, 6.07) is 5.83. The molecule has 18 heavy (non-hydrogen) atoms. The highest BCUT2D eigenvalue weighted by Crippen LogP contribution is 2.22. The van der Waals surface area contributed by atoms with Crippen molar-refractivity contribution in [1.82, 2.24) is 5.32 Å². The summed E-state index contributed by atoms with van der Waals surface area (Å²) in [6.07, 6.45) is 8.84. The molecule has 0 fully saturated rings. The molecule has 0 spiro atoms. The van der Waals surface area contributed by atoms with Gasteiger partial charge in [-0.15, -0.1) is 12.3 Å². The Morgan fingerprint density at radius 1 is 1.44 bits per heavy atom. The Bertz CT molecular complexity index is 474. The van der Waals surface area contributed by atoms with Crippen LogP contribution in [0.4, 0.5) is 5.69 Å². The number of carbonyl (C=O) groups excluding carboxylic acids is 1. The number of anilines is 1. The van der Waals surface area contributed by atoms with Crippen molar-refractivity contribution in [2.45, 2.75) is 25.7 Å². The fourth-order valence-corrected chi connectivity index (χ4v) is 2.10. The maximum absolute atomic E-state index is 11.9. The zero-order valence-electron chi connectivity index (χ0n) is 10.5. The molecule has 0 atom stereocenters. The smallest absolute Gasteiger partial charge is 0.251 e. The van der Waals surface area contributed by atoms with Crippen molar-refractivity contribution in [2.24, 2.45) is 0 Å². The van der Waals surface area contributed by atoms with Crippen LogP contribution in [0.3, 0.4) is 0 Å². The Morgan fingerprint density at radius 3 is 3.17 bits per heavy atom. The summed E-state index contributed by atoms with van der Waals surface area (Å²) in [4.78, 5) is 11.9. The van der Waals surface area contributed by atoms with Gasteiger partial charge in [0.2, 0.25) is 0 Å². The van der Waals surface area contributed by atoms with E-state index < -0.39 is 0 Å². The Morgan fingerprint density at radius 2 is 2.33 bits per heavy atom. The lowest BCUT2D eigenvalue weighted by Crippen LogP contribution is -2.24. The quantitative estimate of drug-likeness (QED) is 0.614. The molecule has 2 N–H and O–H groups in total. The third-order valence-electron chi connectivity index (χ3n) is 3.11. The van der Waals surface area contributed by atoms with Crippen LogP contribution in [-0.2, 0) is 6.42 Å². The van der Waals surface area contributed by atoms with E-state index in [2.05, 4.69) is 16.6 Å². The normalized spacial score (nSPS) is 12.4. The summed E-state index contributed by atoms with van der Waals surface area (Å²) in [5.74, 6) is 2.60. The van der Waals surface area contributed by atoms with Gasteiger partial charge >= 0.3 is 0 Å². The SMILES string of the molecule is C#CCCCCNC(=O)c1ccc2c(c1)CCN2. The summed E-state index contributed by atoms with van der Waals surface area (Å²) >= 11 is 0. The molecule has 1 aliphatic heterocycles. The molecule has 2 rings (SSSR count). The van der Waals surface area contributed by atoms with E-state index in [1.54, 1.807) is 0 Å². The van der Waals surface area contributed by atoms with Crippen molar-refractivity contribution in [2.75, 3.05) is 18.4 Å². The second-order valence-electron chi connectivity index (χ2n) is 4.47. The van der Waals surface area contributed by atoms with Gasteiger partial charge in [-0.1, -0.05) is 0 Å². The molecular formula is C15H18N2O. The first-order valence-corrected chi connectivity index (χ1v) is 6.40. The number of benzene rings is 1. The molecule has 94 valence electrons. The van der Waals surface area contributed by atoms with E-state index in [1.807, 2.05) is 18.2 Å². The van der Waals surface area contributed by atoms with E-state index in [0.717, 1.165) is 43.5 Å². The molecule has 1 aromatic rings. The van der Waals surface area contributed by atoms with Crippen LogP contribution >= 0.6 is 0 Å². The van der Waals surface area contributed by atoms with Gasteiger partial charge in [0.1, 0.15) is 0 Å². The van der Waals surface area contributed by atoms with Crippen LogP contribution in [0.1, 0.15) is 35.2 Å². The highest BCUT2D eigenvalue weighted by Gasteiger charge is 2.12. The van der Waals surface area contributed by atoms with Crippen LogP contribution in [0.2, 0.25) is 0 Å². The van der Waals surface area contributed by atoms with Crippen LogP contribution in [0, 0.1) is 12.3 Å². The van der Waals surface area contributed by atoms with Crippen molar-refractivity contribution in [3.63, 3.8) is 0 Å². The maximum Gasteiger partial charge on any atom is 0.251 e. The molecule has 0 radical (unpaired) electrons. The number of fused-ring (bicyclic) bond motifs is 1. The molecule has 0 saturated carbocycles. The third kappa shape index (κ3) is 3.04. The van der Waals surface area contributed by atoms with Gasteiger partial charge in [-0.2, -0.15) is 0 Å². The Hall–Kier alpha value is -1.95. The average Bonchev–Trinajstić information content (AvgIpc) is 2.85. The van der Waals surface area contributed by atoms with Crippen LogP contribution in [0.25, 0.3) is 0 Å². The summed E-state index contributed by atoms with van der Waals surface area (Å²) in [5, 5.41) is 6.20. The fraction of sp³-hybridized carbons (Fsp3) is 0.400. The largest absolute Gasteiger partial charge is 0.384 e. The number of hydrogen-bond donors (Lipinski definition) is 2. The van der Waals surface area contributed by atoms with Gasteiger partial charge in [0, 0.05) is 30.8 Å². The molecular weight excluding hydrogens is 224 g/mol. The van der Waals surface area contributed by atoms with E-state index in [9.17, 15) is 4.79 Å². The number of amides is 1. The van der Waals surface area contributed by atoms with Crippen LogP contribution in [-0.4, -0.2) is 19.0 Å². The highest BCUT2D eigenvalue weighted by molar-refractivity contribution is 5.95. The predicted molar refractivity (Wildman–Crippen MR) is 73.7 cm³/mol. The van der Waals surface area contributed by atoms with Gasteiger partial charge in [-0.05, 0) is 43.0 Å². The first-order valence-electron chi connectivity index (χ1n) is 6.40. The minimum Gasteiger partial charge on any atom is -0.384 e. The molecule has 0 unspecified atom stereocenters. The first kappa shape index (κ1) is 12.5. The standard InChI is InChI=1S/C15H18N2O/c1-2-3-4-5-9-17-15(18)13-6-7-14-12(11-13)8-10-16-14/h1,6-7,11,16H,3-5,8-10H2,(H,17,18). The van der Waals surface area contributed by atoms with Crippen LogP contribution in [0.15, 0.2) is 18.2 Å². The minimum absolute atomic E-state index is 0.00501. The van der Waals surface area contributed by atoms with Crippen LogP contribution in [0.5, 0.6) is 0 Å². The van der Waals surface area contributed by atoms with Gasteiger partial charge in [0.25, 0.3) is 5.91 Å². The number of terminal acetylenes is 1. The summed E-state index contributed by atoms with van der Waals surface area (Å²) in [5.41, 5.74) is 3.13. The molecule has 1 heterocycles. The summed E-state index contributed by atoms with van der Waals surface area (Å²) in [6.45, 7) is 1.66. The van der Waals surface area contributed by atoms with Gasteiger partial charge in [0.15, 0.2) is 0 Å². The van der Waals surface area contributed by atoms with E-state index in [-0.39, 0.29) is 5.91 Å². The Balaban J connectivity index is 1.84. The van der Waals surface area contributed by atoms with Crippen molar-refractivity contribution in [3.8, 4) is 12.3 Å². The second-order valence-corrected chi connectivity index (χ2v) is 4.47. The van der Waals surface area contributed by atoms with Crippen molar-refractivity contribution >= 4 is 11.6 Å². The minimum atomic E-state index is 0.00501. The van der Waals surface area contributed by atoms with E-state index in [4.69, 9.17) is 6.42 Å². The highest BCUT2D eigenvalue weighted by atomic mass is 16.1. The van der Waals surface area contributed by atoms with Crippen molar-refractivity contribution in [3.05, 3.63) is 29.3 Å². The zero-order valence-corrected chi connectivity index (χ0v) is 10.5. The van der Waals surface area contributed by atoms with E-state index in [0.29, 0.717) is 6.54 Å². The second kappa shape index (κ2) is 6.11. The fourth-order valence-electron chi connectivity index (χ4n) is 2.10. The van der Waals surface area contributed by atoms with Gasteiger partial charge in [-0.25, -0.2) is 0 Å². The molecule has 0 saturated heterocycles. The van der Waals surface area contributed by atoms with Crippen molar-refractivity contribution < 1.29 is 4.79 Å². The van der Waals surface area contributed by atoms with E-state index in [1.165, 1.54) is 5.56 Å². The lowest BCUT2D eigenvalue weighted by molar-refractivity contribution is 0.0953. The summed E-state index contributed by atoms with van der Waals surface area (Å²) < 4.78 is 0. The van der Waals surface area contributed by atoms with Gasteiger partial charge in [0.05, 0.1) is 0 Å². The zero-order chi connectivity index (χ0) is 12.8. The summed E-state index contributed by atoms with van der Waals surface area (Å²) in [7, 11) is 0. The lowest BCUT2D eigenvalue weighted by Gasteiger charge is -2.06. The molecule has 1 amide bonds.